The third-order valence-electron chi connectivity index (χ3n) is 8.14. The van der Waals surface area contributed by atoms with Gasteiger partial charge in [0.1, 0.15) is 11.6 Å². The van der Waals surface area contributed by atoms with Crippen molar-refractivity contribution in [3.63, 3.8) is 0 Å². The average molecular weight is 533 g/mol. The van der Waals surface area contributed by atoms with Crippen LogP contribution >= 0.6 is 11.8 Å². The van der Waals surface area contributed by atoms with E-state index in [4.69, 9.17) is 0 Å². The summed E-state index contributed by atoms with van der Waals surface area (Å²) >= 11 is 1.48. The fourth-order valence-corrected chi connectivity index (χ4v) is 7.49. The number of para-hydroxylation sites is 1. The molecule has 4 amide bonds. The maximum absolute atomic E-state index is 13.5. The zero-order valence-electron chi connectivity index (χ0n) is 21.4. The van der Waals surface area contributed by atoms with Crippen molar-refractivity contribution >= 4 is 35.3 Å². The van der Waals surface area contributed by atoms with Gasteiger partial charge in [-0.25, -0.2) is 4.79 Å². The van der Waals surface area contributed by atoms with E-state index in [9.17, 15) is 19.6 Å². The van der Waals surface area contributed by atoms with Crippen molar-refractivity contribution in [1.82, 2.24) is 20.9 Å². The van der Waals surface area contributed by atoms with Crippen LogP contribution in [-0.2, 0) is 9.59 Å². The molecule has 9 nitrogen and oxygen atoms in total. The van der Waals surface area contributed by atoms with Crippen molar-refractivity contribution in [2.75, 3.05) is 24.5 Å². The van der Waals surface area contributed by atoms with Crippen molar-refractivity contribution in [3.8, 4) is 6.07 Å². The lowest BCUT2D eigenvalue weighted by atomic mass is 9.86. The fraction of sp³-hybridized carbons (Fsp3) is 0.500. The van der Waals surface area contributed by atoms with Crippen LogP contribution in [0.15, 0.2) is 46.5 Å². The molecule has 4 fully saturated rings. The highest BCUT2D eigenvalue weighted by Crippen LogP contribution is 2.48. The minimum atomic E-state index is -0.246. The van der Waals surface area contributed by atoms with Crippen LogP contribution in [0.2, 0.25) is 0 Å². The predicted octanol–water partition coefficient (Wildman–Crippen LogP) is 2.75. The molecule has 1 saturated carbocycles. The van der Waals surface area contributed by atoms with Gasteiger partial charge in [0.25, 0.3) is 11.8 Å². The molecule has 4 aliphatic heterocycles. The molecule has 4 unspecified atom stereocenters. The second kappa shape index (κ2) is 10.1. The quantitative estimate of drug-likeness (QED) is 0.397. The molecule has 6 rings (SSSR count). The summed E-state index contributed by atoms with van der Waals surface area (Å²) in [6.07, 6.45) is 6.18. The Morgan fingerprint density at radius 2 is 2.03 bits per heavy atom. The number of hydrogen-bond acceptors (Lipinski definition) is 6. The zero-order valence-corrected chi connectivity index (χ0v) is 22.2. The summed E-state index contributed by atoms with van der Waals surface area (Å²) < 4.78 is 0. The number of allylic oxidation sites excluding steroid dienone is 1. The highest BCUT2D eigenvalue weighted by molar-refractivity contribution is 8.04. The normalized spacial score (nSPS) is 28.9. The Kier molecular flexibility index (Phi) is 6.66. The SMILES string of the molecule is Cc1ccccc1N1C(=O)NC2=C(C(=O)NC3CCCN(C(=O)/C(C#N)=C/C4CC4)C3)SC3NCCC1C23. The van der Waals surface area contributed by atoms with Gasteiger partial charge in [-0.3, -0.25) is 14.5 Å². The molecular formula is C28H32N6O3S. The first-order valence-corrected chi connectivity index (χ1v) is 14.3. The third kappa shape index (κ3) is 4.58. The van der Waals surface area contributed by atoms with Crippen LogP contribution < -0.4 is 20.9 Å². The van der Waals surface area contributed by atoms with E-state index in [1.165, 1.54) is 11.8 Å². The van der Waals surface area contributed by atoms with Crippen LogP contribution in [0.5, 0.6) is 0 Å². The lowest BCUT2D eigenvalue weighted by Crippen LogP contribution is -2.62. The monoisotopic (exact) mass is 532 g/mol. The Hall–Kier alpha value is -3.29. The summed E-state index contributed by atoms with van der Waals surface area (Å²) in [6, 6.07) is 9.52. The van der Waals surface area contributed by atoms with Crippen molar-refractivity contribution in [1.29, 1.82) is 5.26 Å². The summed E-state index contributed by atoms with van der Waals surface area (Å²) in [5.41, 5.74) is 2.85. The second-order valence-electron chi connectivity index (χ2n) is 10.8. The maximum atomic E-state index is 13.5. The van der Waals surface area contributed by atoms with Gasteiger partial charge in [-0.2, -0.15) is 5.26 Å². The van der Waals surface area contributed by atoms with E-state index >= 15 is 0 Å². The number of nitrogens with zero attached hydrogens (tertiary/aromatic N) is 3. The van der Waals surface area contributed by atoms with Gasteiger partial charge in [0.15, 0.2) is 0 Å². The Balaban J connectivity index is 1.19. The number of nitrogens with one attached hydrogen (secondary N) is 3. The standard InChI is InChI=1S/C28H32N6O3S/c1-16-5-2-3-7-20(16)34-21-10-11-30-26-22(21)23(32-28(34)37)24(38-26)25(35)31-19-6-4-12-33(15-19)27(36)18(14-29)13-17-8-9-17/h2-3,5,7,13,17,19,21-22,26,30H,4,6,8-12,15H2,1H3,(H,31,35)(H,32,37)/b18-13+. The zero-order chi connectivity index (χ0) is 26.4. The number of urea groups is 1. The number of benzene rings is 1. The third-order valence-corrected chi connectivity index (χ3v) is 9.50. The number of piperidine rings is 2. The van der Waals surface area contributed by atoms with Crippen LogP contribution in [-0.4, -0.2) is 59.8 Å². The molecule has 1 aromatic carbocycles. The second-order valence-corrected chi connectivity index (χ2v) is 11.9. The number of nitriles is 1. The molecule has 0 spiro atoms. The number of carbonyl (C=O) groups is 3. The first-order valence-electron chi connectivity index (χ1n) is 13.5. The minimum Gasteiger partial charge on any atom is -0.347 e. The number of anilines is 1. The van der Waals surface area contributed by atoms with E-state index < -0.39 is 0 Å². The molecule has 198 valence electrons. The van der Waals surface area contributed by atoms with Crippen LogP contribution in [0, 0.1) is 30.1 Å². The molecule has 0 radical (unpaired) electrons. The summed E-state index contributed by atoms with van der Waals surface area (Å²) in [5.74, 6) is -0.125. The molecule has 4 atom stereocenters. The molecular weight excluding hydrogens is 500 g/mol. The highest BCUT2D eigenvalue weighted by atomic mass is 32.2. The number of rotatable bonds is 5. The molecule has 10 heteroatoms. The molecule has 38 heavy (non-hydrogen) atoms. The number of aryl methyl sites for hydroxylation is 1. The molecule has 1 aromatic rings. The van der Waals surface area contributed by atoms with E-state index in [-0.39, 0.29) is 46.8 Å². The van der Waals surface area contributed by atoms with Crippen LogP contribution in [0.1, 0.15) is 37.7 Å². The Morgan fingerprint density at radius 3 is 2.79 bits per heavy atom. The van der Waals surface area contributed by atoms with Crippen molar-refractivity contribution in [2.24, 2.45) is 11.8 Å². The molecule has 0 bridgehead atoms. The topological polar surface area (TPSA) is 118 Å². The van der Waals surface area contributed by atoms with E-state index in [0.717, 1.165) is 49.9 Å². The van der Waals surface area contributed by atoms with E-state index in [1.807, 2.05) is 36.1 Å². The summed E-state index contributed by atoms with van der Waals surface area (Å²) in [5, 5.41) is 19.2. The van der Waals surface area contributed by atoms with Gasteiger partial charge in [-0.05, 0) is 63.1 Å². The Labute approximate surface area is 226 Å². The van der Waals surface area contributed by atoms with Crippen molar-refractivity contribution < 1.29 is 14.4 Å². The Bertz CT molecular complexity index is 1280. The van der Waals surface area contributed by atoms with Crippen LogP contribution in [0.4, 0.5) is 10.5 Å². The molecule has 3 N–H and O–H groups in total. The number of carbonyl (C=O) groups excluding carboxylic acids is 3. The summed E-state index contributed by atoms with van der Waals surface area (Å²) in [7, 11) is 0. The van der Waals surface area contributed by atoms with Crippen LogP contribution in [0.25, 0.3) is 0 Å². The molecule has 0 aromatic heterocycles. The lowest BCUT2D eigenvalue weighted by molar-refractivity contribution is -0.129. The highest BCUT2D eigenvalue weighted by Gasteiger charge is 2.52. The van der Waals surface area contributed by atoms with Gasteiger partial charge in [-0.15, -0.1) is 0 Å². The maximum Gasteiger partial charge on any atom is 0.326 e. The van der Waals surface area contributed by atoms with Gasteiger partial charge in [-0.1, -0.05) is 36.0 Å². The van der Waals surface area contributed by atoms with Crippen LogP contribution in [0.3, 0.4) is 0 Å². The molecule has 1 aliphatic carbocycles. The smallest absolute Gasteiger partial charge is 0.326 e. The molecule has 4 heterocycles. The summed E-state index contributed by atoms with van der Waals surface area (Å²) in [6.45, 7) is 3.74. The summed E-state index contributed by atoms with van der Waals surface area (Å²) in [4.78, 5) is 44.0. The van der Waals surface area contributed by atoms with Gasteiger partial charge in [0, 0.05) is 36.4 Å². The number of thioether (sulfide) groups is 1. The Morgan fingerprint density at radius 1 is 1.21 bits per heavy atom. The van der Waals surface area contributed by atoms with Gasteiger partial charge >= 0.3 is 6.03 Å². The largest absolute Gasteiger partial charge is 0.347 e. The number of amides is 4. The molecule has 3 saturated heterocycles. The fourth-order valence-electron chi connectivity index (χ4n) is 6.09. The van der Waals surface area contributed by atoms with Crippen molar-refractivity contribution in [3.05, 3.63) is 52.1 Å². The van der Waals surface area contributed by atoms with Gasteiger partial charge in [0.2, 0.25) is 0 Å². The van der Waals surface area contributed by atoms with Crippen molar-refractivity contribution in [2.45, 2.75) is 56.5 Å². The van der Waals surface area contributed by atoms with E-state index in [1.54, 1.807) is 11.0 Å². The van der Waals surface area contributed by atoms with Gasteiger partial charge < -0.3 is 20.9 Å². The van der Waals surface area contributed by atoms with E-state index in [0.29, 0.717) is 29.6 Å². The number of likely N-dealkylation sites (tertiary alicyclic amines) is 1. The van der Waals surface area contributed by atoms with Gasteiger partial charge in [0.05, 0.1) is 16.3 Å². The minimum absolute atomic E-state index is 0.00629. The predicted molar refractivity (Wildman–Crippen MR) is 145 cm³/mol. The number of hydrogen-bond donors (Lipinski definition) is 3. The average Bonchev–Trinajstić information content (AvgIpc) is 3.67. The molecule has 5 aliphatic rings. The lowest BCUT2D eigenvalue weighted by Gasteiger charge is -2.46. The first kappa shape index (κ1) is 25.0. The van der Waals surface area contributed by atoms with E-state index in [2.05, 4.69) is 22.0 Å². The first-order chi connectivity index (χ1) is 18.4.